The molecule has 4 rings (SSSR count). The summed E-state index contributed by atoms with van der Waals surface area (Å²) in [6.07, 6.45) is 5.72. The minimum Gasteiger partial charge on any atom is -0.373 e. The zero-order valence-corrected chi connectivity index (χ0v) is 15.6. The van der Waals surface area contributed by atoms with E-state index in [0.717, 1.165) is 45.4 Å². The molecule has 1 N–H and O–H groups in total. The second kappa shape index (κ2) is 8.07. The molecular formula is C20H29ClN2O2. The number of hydrogen-bond donors (Lipinski definition) is 1. The molecule has 3 fully saturated rings. The summed E-state index contributed by atoms with van der Waals surface area (Å²) < 4.78 is 6.04. The SMILES string of the molecule is Cl.O=C(C1CC12CCNCC2)N1CCC(OCc2ccccc2)CC1. The van der Waals surface area contributed by atoms with Crippen LogP contribution in [0, 0.1) is 11.3 Å². The first-order chi connectivity index (χ1) is 11.8. The van der Waals surface area contributed by atoms with Crippen LogP contribution in [0.4, 0.5) is 0 Å². The van der Waals surface area contributed by atoms with Crippen molar-refractivity contribution in [3.63, 3.8) is 0 Å². The van der Waals surface area contributed by atoms with E-state index in [1.54, 1.807) is 0 Å². The maximum Gasteiger partial charge on any atom is 0.226 e. The average Bonchev–Trinajstić information content (AvgIpc) is 3.34. The van der Waals surface area contributed by atoms with Crippen molar-refractivity contribution in [2.24, 2.45) is 11.3 Å². The molecule has 0 radical (unpaired) electrons. The van der Waals surface area contributed by atoms with Crippen molar-refractivity contribution >= 4 is 18.3 Å². The number of rotatable bonds is 4. The third kappa shape index (κ3) is 4.18. The smallest absolute Gasteiger partial charge is 0.226 e. The standard InChI is InChI=1S/C20H28N2O2.ClH/c23-19(18-14-20(18)8-10-21-11-9-20)22-12-6-17(7-13-22)24-15-16-4-2-1-3-5-16;/h1-5,17-18,21H,6-15H2;1H. The van der Waals surface area contributed by atoms with Crippen molar-refractivity contribution in [2.45, 2.75) is 44.8 Å². The van der Waals surface area contributed by atoms with E-state index in [4.69, 9.17) is 4.74 Å². The van der Waals surface area contributed by atoms with E-state index >= 15 is 0 Å². The van der Waals surface area contributed by atoms with E-state index in [9.17, 15) is 4.79 Å². The molecule has 0 aromatic heterocycles. The number of benzene rings is 1. The Morgan fingerprint density at radius 1 is 1.16 bits per heavy atom. The third-order valence-corrected chi connectivity index (χ3v) is 6.17. The van der Waals surface area contributed by atoms with Crippen molar-refractivity contribution in [1.82, 2.24) is 10.2 Å². The highest BCUT2D eigenvalue weighted by Crippen LogP contribution is 2.59. The van der Waals surface area contributed by atoms with Gasteiger partial charge in [0.15, 0.2) is 0 Å². The van der Waals surface area contributed by atoms with Crippen LogP contribution in [0.3, 0.4) is 0 Å². The maximum absolute atomic E-state index is 12.8. The van der Waals surface area contributed by atoms with Gasteiger partial charge in [0.1, 0.15) is 0 Å². The van der Waals surface area contributed by atoms with Gasteiger partial charge in [-0.2, -0.15) is 0 Å². The van der Waals surface area contributed by atoms with Crippen LogP contribution in [0.15, 0.2) is 30.3 Å². The molecule has 1 aromatic carbocycles. The number of likely N-dealkylation sites (tertiary alicyclic amines) is 1. The Hall–Kier alpha value is -1.10. The Bertz CT molecular complexity index is 566. The molecule has 1 unspecified atom stereocenters. The zero-order chi connectivity index (χ0) is 16.4. The highest BCUT2D eigenvalue weighted by atomic mass is 35.5. The Balaban J connectivity index is 0.00000182. The van der Waals surface area contributed by atoms with Crippen LogP contribution >= 0.6 is 12.4 Å². The van der Waals surface area contributed by atoms with E-state index in [1.165, 1.54) is 18.4 Å². The Morgan fingerprint density at radius 3 is 2.52 bits per heavy atom. The van der Waals surface area contributed by atoms with Crippen molar-refractivity contribution in [1.29, 1.82) is 0 Å². The van der Waals surface area contributed by atoms with Crippen LogP contribution in [0.5, 0.6) is 0 Å². The molecule has 2 heterocycles. The summed E-state index contributed by atoms with van der Waals surface area (Å²) in [7, 11) is 0. The number of nitrogens with one attached hydrogen (secondary N) is 1. The van der Waals surface area contributed by atoms with Gasteiger partial charge in [-0.25, -0.2) is 0 Å². The second-order valence-electron chi connectivity index (χ2n) is 7.69. The van der Waals surface area contributed by atoms with Crippen LogP contribution in [-0.4, -0.2) is 43.1 Å². The van der Waals surface area contributed by atoms with E-state index in [-0.39, 0.29) is 12.4 Å². The average molecular weight is 365 g/mol. The van der Waals surface area contributed by atoms with Crippen LogP contribution in [0.1, 0.15) is 37.7 Å². The second-order valence-corrected chi connectivity index (χ2v) is 7.69. The highest BCUT2D eigenvalue weighted by Gasteiger charge is 2.58. The number of amides is 1. The summed E-state index contributed by atoms with van der Waals surface area (Å²) in [5.41, 5.74) is 1.57. The van der Waals surface area contributed by atoms with E-state index in [0.29, 0.717) is 30.0 Å². The van der Waals surface area contributed by atoms with Crippen LogP contribution in [-0.2, 0) is 16.1 Å². The molecule has 1 atom stereocenters. The first kappa shape index (κ1) is 18.7. The molecule has 0 bridgehead atoms. The molecule has 1 amide bonds. The van der Waals surface area contributed by atoms with Crippen LogP contribution < -0.4 is 5.32 Å². The predicted molar refractivity (Wildman–Crippen MR) is 101 cm³/mol. The lowest BCUT2D eigenvalue weighted by atomic mass is 9.91. The fraction of sp³-hybridized carbons (Fsp3) is 0.650. The molecule has 25 heavy (non-hydrogen) atoms. The first-order valence-electron chi connectivity index (χ1n) is 9.42. The van der Waals surface area contributed by atoms with Gasteiger partial charge >= 0.3 is 0 Å². The summed E-state index contributed by atoms with van der Waals surface area (Å²) in [6.45, 7) is 4.57. The molecule has 1 spiro atoms. The number of carbonyl (C=O) groups excluding carboxylic acids is 1. The lowest BCUT2D eigenvalue weighted by molar-refractivity contribution is -0.136. The van der Waals surface area contributed by atoms with Crippen LogP contribution in [0.2, 0.25) is 0 Å². The number of ether oxygens (including phenoxy) is 1. The summed E-state index contributed by atoms with van der Waals surface area (Å²) in [6, 6.07) is 10.3. The Labute approximate surface area is 156 Å². The maximum atomic E-state index is 12.8. The first-order valence-corrected chi connectivity index (χ1v) is 9.42. The predicted octanol–water partition coefficient (Wildman–Crippen LogP) is 3.01. The Kier molecular flexibility index (Phi) is 6.03. The van der Waals surface area contributed by atoms with Gasteiger partial charge in [-0.1, -0.05) is 30.3 Å². The topological polar surface area (TPSA) is 41.6 Å². The number of hydrogen-bond acceptors (Lipinski definition) is 3. The molecule has 1 aromatic rings. The van der Waals surface area contributed by atoms with E-state index in [2.05, 4.69) is 22.3 Å². The zero-order valence-electron chi connectivity index (χ0n) is 14.8. The summed E-state index contributed by atoms with van der Waals surface area (Å²) in [4.78, 5) is 14.9. The quantitative estimate of drug-likeness (QED) is 0.892. The molecule has 5 heteroatoms. The van der Waals surface area contributed by atoms with Gasteiger partial charge in [-0.05, 0) is 56.2 Å². The number of nitrogens with zero attached hydrogens (tertiary/aromatic N) is 1. The lowest BCUT2D eigenvalue weighted by Crippen LogP contribution is -2.43. The summed E-state index contributed by atoms with van der Waals surface area (Å²) in [5, 5.41) is 3.41. The number of piperidine rings is 2. The van der Waals surface area contributed by atoms with Gasteiger partial charge in [-0.15, -0.1) is 12.4 Å². The van der Waals surface area contributed by atoms with Crippen molar-refractivity contribution in [3.8, 4) is 0 Å². The van der Waals surface area contributed by atoms with Gasteiger partial charge in [0.05, 0.1) is 12.7 Å². The number of halogens is 1. The van der Waals surface area contributed by atoms with E-state index < -0.39 is 0 Å². The molecule has 2 aliphatic heterocycles. The van der Waals surface area contributed by atoms with Gasteiger partial charge in [-0.3, -0.25) is 4.79 Å². The highest BCUT2D eigenvalue weighted by molar-refractivity contribution is 5.85. The van der Waals surface area contributed by atoms with Crippen molar-refractivity contribution in [3.05, 3.63) is 35.9 Å². The van der Waals surface area contributed by atoms with Crippen molar-refractivity contribution < 1.29 is 9.53 Å². The fourth-order valence-corrected chi connectivity index (χ4v) is 4.43. The minimum absolute atomic E-state index is 0. The molecule has 1 aliphatic carbocycles. The molecular weight excluding hydrogens is 336 g/mol. The van der Waals surface area contributed by atoms with Crippen LogP contribution in [0.25, 0.3) is 0 Å². The van der Waals surface area contributed by atoms with Gasteiger partial charge in [0.2, 0.25) is 5.91 Å². The van der Waals surface area contributed by atoms with Gasteiger partial charge < -0.3 is 15.0 Å². The normalized spacial score (nSPS) is 25.4. The molecule has 3 aliphatic rings. The lowest BCUT2D eigenvalue weighted by Gasteiger charge is -2.33. The molecule has 138 valence electrons. The summed E-state index contributed by atoms with van der Waals surface area (Å²) in [5.74, 6) is 0.722. The molecule has 4 nitrogen and oxygen atoms in total. The van der Waals surface area contributed by atoms with Gasteiger partial charge in [0.25, 0.3) is 0 Å². The molecule has 1 saturated carbocycles. The minimum atomic E-state index is 0. The fourth-order valence-electron chi connectivity index (χ4n) is 4.43. The summed E-state index contributed by atoms with van der Waals surface area (Å²) >= 11 is 0. The monoisotopic (exact) mass is 364 g/mol. The van der Waals surface area contributed by atoms with Gasteiger partial charge in [0, 0.05) is 19.0 Å². The number of carbonyl (C=O) groups is 1. The Morgan fingerprint density at radius 2 is 1.84 bits per heavy atom. The van der Waals surface area contributed by atoms with Crippen molar-refractivity contribution in [2.75, 3.05) is 26.2 Å². The third-order valence-electron chi connectivity index (χ3n) is 6.17. The van der Waals surface area contributed by atoms with E-state index in [1.807, 2.05) is 18.2 Å². The molecule has 2 saturated heterocycles. The largest absolute Gasteiger partial charge is 0.373 e.